The highest BCUT2D eigenvalue weighted by Crippen LogP contribution is 2.22. The molecule has 1 aromatic carbocycles. The molecule has 0 aliphatic rings. The first-order valence-electron chi connectivity index (χ1n) is 6.38. The van der Waals surface area contributed by atoms with E-state index in [4.69, 9.17) is 0 Å². The molecular formula is C13H15N3O4S2. The largest absolute Gasteiger partial charge is 0.269 e. The minimum Gasteiger partial charge on any atom is -0.258 e. The summed E-state index contributed by atoms with van der Waals surface area (Å²) in [4.78, 5) is 15.3. The Bertz CT molecular complexity index is 828. The van der Waals surface area contributed by atoms with Gasteiger partial charge in [0, 0.05) is 23.6 Å². The average Bonchev–Trinajstić information content (AvgIpc) is 2.74. The van der Waals surface area contributed by atoms with Crippen molar-refractivity contribution in [3.8, 4) is 0 Å². The van der Waals surface area contributed by atoms with Gasteiger partial charge in [-0.1, -0.05) is 0 Å². The number of sulfonamides is 1. The molecule has 2 rings (SSSR count). The maximum absolute atomic E-state index is 12.3. The number of nitrogens with one attached hydrogen (secondary N) is 1. The van der Waals surface area contributed by atoms with Crippen LogP contribution in [0.3, 0.4) is 0 Å². The lowest BCUT2D eigenvalue weighted by atomic mass is 10.2. The smallest absolute Gasteiger partial charge is 0.258 e. The van der Waals surface area contributed by atoms with Crippen LogP contribution in [0, 0.1) is 30.9 Å². The maximum Gasteiger partial charge on any atom is 0.269 e. The Morgan fingerprint density at radius 1 is 1.32 bits per heavy atom. The van der Waals surface area contributed by atoms with Crippen LogP contribution in [-0.4, -0.2) is 18.3 Å². The van der Waals surface area contributed by atoms with Crippen molar-refractivity contribution in [2.24, 2.45) is 0 Å². The molecule has 0 unspecified atom stereocenters. The van der Waals surface area contributed by atoms with E-state index in [1.807, 2.05) is 13.8 Å². The van der Waals surface area contributed by atoms with Crippen LogP contribution < -0.4 is 4.72 Å². The lowest BCUT2D eigenvalue weighted by Crippen LogP contribution is -2.24. The Morgan fingerprint density at radius 3 is 2.50 bits per heavy atom. The third-order valence-electron chi connectivity index (χ3n) is 3.08. The van der Waals surface area contributed by atoms with Crippen molar-refractivity contribution in [3.05, 3.63) is 49.5 Å². The van der Waals surface area contributed by atoms with Gasteiger partial charge in [-0.05, 0) is 32.4 Å². The molecule has 0 amide bonds. The normalized spacial score (nSPS) is 11.6. The molecule has 0 radical (unpaired) electrons. The van der Waals surface area contributed by atoms with Gasteiger partial charge in [-0.15, -0.1) is 11.3 Å². The third kappa shape index (κ3) is 3.49. The van der Waals surface area contributed by atoms with E-state index in [2.05, 4.69) is 9.71 Å². The van der Waals surface area contributed by atoms with Crippen LogP contribution in [0.2, 0.25) is 0 Å². The number of hydrogen-bond acceptors (Lipinski definition) is 6. The predicted octanol–water partition coefficient (Wildman–Crippen LogP) is 2.46. The number of thiazole rings is 1. The first-order valence-corrected chi connectivity index (χ1v) is 8.68. The van der Waals surface area contributed by atoms with Crippen LogP contribution in [0.4, 0.5) is 5.69 Å². The third-order valence-corrected chi connectivity index (χ3v) is 5.72. The van der Waals surface area contributed by atoms with E-state index >= 15 is 0 Å². The molecule has 1 N–H and O–H groups in total. The molecule has 22 heavy (non-hydrogen) atoms. The SMILES string of the molecule is Cc1nc(C)c(CNS(=O)(=O)c2ccc([N+](=O)[O-])cc2C)s1. The van der Waals surface area contributed by atoms with Crippen LogP contribution in [0.1, 0.15) is 21.1 Å². The minimum absolute atomic E-state index is 0.0389. The Morgan fingerprint density at radius 2 is 2.00 bits per heavy atom. The number of benzene rings is 1. The van der Waals surface area contributed by atoms with Crippen molar-refractivity contribution in [3.63, 3.8) is 0 Å². The number of nitro groups is 1. The summed E-state index contributed by atoms with van der Waals surface area (Å²) in [5.41, 5.74) is 0.995. The van der Waals surface area contributed by atoms with E-state index < -0.39 is 14.9 Å². The van der Waals surface area contributed by atoms with Crippen molar-refractivity contribution >= 4 is 27.0 Å². The second-order valence-corrected chi connectivity index (χ2v) is 7.80. The summed E-state index contributed by atoms with van der Waals surface area (Å²) in [5.74, 6) is 0. The summed E-state index contributed by atoms with van der Waals surface area (Å²) in [7, 11) is -3.73. The van der Waals surface area contributed by atoms with Crippen molar-refractivity contribution in [2.45, 2.75) is 32.2 Å². The van der Waals surface area contributed by atoms with E-state index in [9.17, 15) is 18.5 Å². The van der Waals surface area contributed by atoms with Gasteiger partial charge in [-0.3, -0.25) is 10.1 Å². The molecular weight excluding hydrogens is 326 g/mol. The van der Waals surface area contributed by atoms with Crippen molar-refractivity contribution in [1.82, 2.24) is 9.71 Å². The zero-order valence-corrected chi connectivity index (χ0v) is 13.9. The lowest BCUT2D eigenvalue weighted by molar-refractivity contribution is -0.385. The van der Waals surface area contributed by atoms with E-state index in [0.717, 1.165) is 15.6 Å². The van der Waals surface area contributed by atoms with Gasteiger partial charge in [-0.2, -0.15) is 0 Å². The van der Waals surface area contributed by atoms with Gasteiger partial charge in [-0.25, -0.2) is 18.1 Å². The molecule has 0 saturated heterocycles. The van der Waals surface area contributed by atoms with Gasteiger partial charge in [0.15, 0.2) is 0 Å². The van der Waals surface area contributed by atoms with Gasteiger partial charge >= 0.3 is 0 Å². The lowest BCUT2D eigenvalue weighted by Gasteiger charge is -2.08. The Kier molecular flexibility index (Phi) is 4.59. The highest BCUT2D eigenvalue weighted by Gasteiger charge is 2.20. The summed E-state index contributed by atoms with van der Waals surface area (Å²) in [5, 5.41) is 11.6. The molecule has 0 atom stereocenters. The molecule has 118 valence electrons. The zero-order chi connectivity index (χ0) is 16.5. The van der Waals surface area contributed by atoms with Crippen molar-refractivity contribution in [2.75, 3.05) is 0 Å². The number of nitro benzene ring substituents is 1. The van der Waals surface area contributed by atoms with E-state index in [1.165, 1.54) is 36.5 Å². The van der Waals surface area contributed by atoms with Crippen molar-refractivity contribution in [1.29, 1.82) is 0 Å². The summed E-state index contributed by atoms with van der Waals surface area (Å²) in [6, 6.07) is 3.68. The topological polar surface area (TPSA) is 102 Å². The molecule has 0 fully saturated rings. The Balaban J connectivity index is 2.23. The average molecular weight is 341 g/mol. The van der Waals surface area contributed by atoms with Crippen LogP contribution in [0.25, 0.3) is 0 Å². The summed E-state index contributed by atoms with van der Waals surface area (Å²) in [6.07, 6.45) is 0. The number of nitrogens with zero attached hydrogens (tertiary/aromatic N) is 2. The van der Waals surface area contributed by atoms with E-state index in [1.54, 1.807) is 0 Å². The maximum atomic E-state index is 12.3. The fourth-order valence-corrected chi connectivity index (χ4v) is 4.21. The van der Waals surface area contributed by atoms with Gasteiger partial charge in [0.25, 0.3) is 5.69 Å². The first kappa shape index (κ1) is 16.5. The molecule has 0 saturated carbocycles. The molecule has 1 heterocycles. The zero-order valence-electron chi connectivity index (χ0n) is 12.3. The molecule has 1 aromatic heterocycles. The summed E-state index contributed by atoms with van der Waals surface area (Å²) < 4.78 is 27.2. The van der Waals surface area contributed by atoms with Crippen LogP contribution in [-0.2, 0) is 16.6 Å². The second kappa shape index (κ2) is 6.11. The standard InChI is InChI=1S/C13H15N3O4S2/c1-8-6-11(16(17)18)4-5-13(8)22(19,20)14-7-12-9(2)15-10(3)21-12/h4-6,14H,7H2,1-3H3. The van der Waals surface area contributed by atoms with Crippen LogP contribution >= 0.6 is 11.3 Å². The number of hydrogen-bond donors (Lipinski definition) is 1. The molecule has 0 aliphatic carbocycles. The minimum atomic E-state index is -3.73. The Labute approximate surface area is 132 Å². The fraction of sp³-hybridized carbons (Fsp3) is 0.308. The number of rotatable bonds is 5. The van der Waals surface area contributed by atoms with Gasteiger partial charge < -0.3 is 0 Å². The first-order chi connectivity index (χ1) is 10.2. The molecule has 0 aliphatic heterocycles. The van der Waals surface area contributed by atoms with Gasteiger partial charge in [0.1, 0.15) is 0 Å². The van der Waals surface area contributed by atoms with Gasteiger partial charge in [0.2, 0.25) is 10.0 Å². The Hall–Kier alpha value is -1.84. The molecule has 0 bridgehead atoms. The van der Waals surface area contributed by atoms with E-state index in [0.29, 0.717) is 5.56 Å². The quantitative estimate of drug-likeness (QED) is 0.665. The second-order valence-electron chi connectivity index (χ2n) is 4.77. The van der Waals surface area contributed by atoms with E-state index in [-0.39, 0.29) is 17.1 Å². The predicted molar refractivity (Wildman–Crippen MR) is 83.4 cm³/mol. The number of aryl methyl sites for hydroxylation is 3. The monoisotopic (exact) mass is 341 g/mol. The number of aromatic nitrogens is 1. The summed E-state index contributed by atoms with van der Waals surface area (Å²) in [6.45, 7) is 5.36. The fourth-order valence-electron chi connectivity index (χ4n) is 2.02. The summed E-state index contributed by atoms with van der Waals surface area (Å²) >= 11 is 1.43. The molecule has 2 aromatic rings. The number of non-ortho nitro benzene ring substituents is 1. The molecule has 9 heteroatoms. The van der Waals surface area contributed by atoms with Crippen LogP contribution in [0.15, 0.2) is 23.1 Å². The highest BCUT2D eigenvalue weighted by molar-refractivity contribution is 7.89. The molecule has 0 spiro atoms. The highest BCUT2D eigenvalue weighted by atomic mass is 32.2. The van der Waals surface area contributed by atoms with Gasteiger partial charge in [0.05, 0.1) is 20.5 Å². The van der Waals surface area contributed by atoms with Crippen LogP contribution in [0.5, 0.6) is 0 Å². The van der Waals surface area contributed by atoms with Crippen molar-refractivity contribution < 1.29 is 13.3 Å². The molecule has 7 nitrogen and oxygen atoms in total.